The van der Waals surface area contributed by atoms with Crippen LogP contribution in [-0.2, 0) is 11.3 Å². The Morgan fingerprint density at radius 1 is 1.28 bits per heavy atom. The van der Waals surface area contributed by atoms with Crippen LogP contribution < -0.4 is 10.3 Å². The van der Waals surface area contributed by atoms with Crippen LogP contribution in [0.5, 0.6) is 5.75 Å². The minimum absolute atomic E-state index is 0.0384. The lowest BCUT2D eigenvalue weighted by Gasteiger charge is -2.22. The van der Waals surface area contributed by atoms with E-state index in [4.69, 9.17) is 4.74 Å². The van der Waals surface area contributed by atoms with Crippen LogP contribution in [0, 0.1) is 0 Å². The molecule has 1 aliphatic carbocycles. The molecule has 0 aromatic carbocycles. The third-order valence-corrected chi connectivity index (χ3v) is 4.82. The van der Waals surface area contributed by atoms with Crippen molar-refractivity contribution < 1.29 is 27.4 Å². The van der Waals surface area contributed by atoms with Gasteiger partial charge in [-0.3, -0.25) is 9.78 Å². The summed E-state index contributed by atoms with van der Waals surface area (Å²) in [7, 11) is 1.19. The van der Waals surface area contributed by atoms with Crippen LogP contribution in [0.2, 0.25) is 0 Å². The van der Waals surface area contributed by atoms with Gasteiger partial charge in [0.25, 0.3) is 5.56 Å². The Morgan fingerprint density at radius 2 is 2.00 bits per heavy atom. The molecular formula is C19H20F3N3O4. The van der Waals surface area contributed by atoms with Crippen molar-refractivity contribution in [2.45, 2.75) is 50.9 Å². The Labute approximate surface area is 164 Å². The molecule has 10 heteroatoms. The van der Waals surface area contributed by atoms with Crippen molar-refractivity contribution in [2.75, 3.05) is 7.11 Å². The molecule has 1 saturated carbocycles. The maximum absolute atomic E-state index is 13.0. The van der Waals surface area contributed by atoms with E-state index < -0.39 is 23.6 Å². The van der Waals surface area contributed by atoms with Crippen molar-refractivity contribution >= 4 is 5.97 Å². The highest BCUT2D eigenvalue weighted by Gasteiger charge is 2.32. The molecule has 0 spiro atoms. The molecule has 156 valence electrons. The highest BCUT2D eigenvalue weighted by Crippen LogP contribution is 2.31. The first-order valence-electron chi connectivity index (χ1n) is 9.18. The fraction of sp³-hybridized carbons (Fsp3) is 0.474. The van der Waals surface area contributed by atoms with Crippen molar-refractivity contribution in [2.24, 2.45) is 0 Å². The minimum atomic E-state index is -4.91. The van der Waals surface area contributed by atoms with Gasteiger partial charge in [-0.05, 0) is 37.0 Å². The van der Waals surface area contributed by atoms with Crippen LogP contribution in [0.25, 0.3) is 0 Å². The van der Waals surface area contributed by atoms with E-state index in [1.807, 2.05) is 0 Å². The van der Waals surface area contributed by atoms with E-state index in [0.717, 1.165) is 42.9 Å². The molecule has 2 aromatic rings. The molecule has 1 fully saturated rings. The van der Waals surface area contributed by atoms with Gasteiger partial charge in [0, 0.05) is 11.8 Å². The predicted molar refractivity (Wildman–Crippen MR) is 95.7 cm³/mol. The first-order valence-corrected chi connectivity index (χ1v) is 9.18. The molecule has 3 rings (SSSR count). The molecule has 0 amide bonds. The zero-order valence-electron chi connectivity index (χ0n) is 15.7. The third kappa shape index (κ3) is 5.12. The first-order chi connectivity index (χ1) is 13.8. The summed E-state index contributed by atoms with van der Waals surface area (Å²) < 4.78 is 47.6. The molecule has 0 atom stereocenters. The van der Waals surface area contributed by atoms with Crippen LogP contribution >= 0.6 is 0 Å². The fourth-order valence-electron chi connectivity index (χ4n) is 3.48. The monoisotopic (exact) mass is 411 g/mol. The number of halogens is 3. The Balaban J connectivity index is 2.03. The second-order valence-corrected chi connectivity index (χ2v) is 6.77. The number of esters is 1. The second-order valence-electron chi connectivity index (χ2n) is 6.77. The standard InChI is InChI=1S/C19H20F3N3O4/c1-28-18(27)14-10-13(12-6-3-2-4-7-12)17(26)25(24-14)11-15-16(8-5-9-23-15)29-19(20,21)22/h5,8-10,12H,2-4,6-7,11H2,1H3. The Morgan fingerprint density at radius 3 is 2.66 bits per heavy atom. The number of rotatable bonds is 5. The van der Waals surface area contributed by atoms with E-state index >= 15 is 0 Å². The molecule has 0 radical (unpaired) electrons. The molecule has 1 aliphatic rings. The maximum atomic E-state index is 13.0. The largest absolute Gasteiger partial charge is 0.573 e. The molecular weight excluding hydrogens is 391 g/mol. The van der Waals surface area contributed by atoms with Crippen LogP contribution in [0.4, 0.5) is 13.2 Å². The maximum Gasteiger partial charge on any atom is 0.573 e. The number of carbonyl (C=O) groups is 1. The van der Waals surface area contributed by atoms with Crippen molar-refractivity contribution in [3.05, 3.63) is 51.7 Å². The summed E-state index contributed by atoms with van der Waals surface area (Å²) in [5, 5.41) is 3.98. The fourth-order valence-corrected chi connectivity index (χ4v) is 3.48. The number of ether oxygens (including phenoxy) is 2. The number of carbonyl (C=O) groups excluding carboxylic acids is 1. The van der Waals surface area contributed by atoms with Gasteiger partial charge in [-0.25, -0.2) is 9.48 Å². The third-order valence-electron chi connectivity index (χ3n) is 4.82. The molecule has 0 bridgehead atoms. The SMILES string of the molecule is COC(=O)c1cc(C2CCCCC2)c(=O)n(Cc2ncccc2OC(F)(F)F)n1. The van der Waals surface area contributed by atoms with Crippen molar-refractivity contribution in [3.8, 4) is 5.75 Å². The summed E-state index contributed by atoms with van der Waals surface area (Å²) in [5.41, 5.74) is -0.264. The lowest BCUT2D eigenvalue weighted by atomic mass is 9.84. The number of pyridine rings is 1. The van der Waals surface area contributed by atoms with Gasteiger partial charge in [0.15, 0.2) is 11.4 Å². The molecule has 7 nitrogen and oxygen atoms in total. The highest BCUT2D eigenvalue weighted by molar-refractivity contribution is 5.87. The van der Waals surface area contributed by atoms with Crippen molar-refractivity contribution in [1.82, 2.24) is 14.8 Å². The zero-order valence-corrected chi connectivity index (χ0v) is 15.7. The molecule has 29 heavy (non-hydrogen) atoms. The number of nitrogens with zero attached hydrogens (tertiary/aromatic N) is 3. The average Bonchev–Trinajstić information content (AvgIpc) is 2.70. The van der Waals surface area contributed by atoms with E-state index in [9.17, 15) is 22.8 Å². The number of aromatic nitrogens is 3. The minimum Gasteiger partial charge on any atom is -0.464 e. The van der Waals surface area contributed by atoms with E-state index in [1.165, 1.54) is 25.4 Å². The predicted octanol–water partition coefficient (Wildman–Crippen LogP) is 3.42. The van der Waals surface area contributed by atoms with E-state index in [0.29, 0.717) is 5.56 Å². The summed E-state index contributed by atoms with van der Waals surface area (Å²) in [4.78, 5) is 28.9. The lowest BCUT2D eigenvalue weighted by Crippen LogP contribution is -2.31. The van der Waals surface area contributed by atoms with E-state index in [1.54, 1.807) is 0 Å². The first kappa shape index (κ1) is 20.8. The normalized spacial score (nSPS) is 15.2. The summed E-state index contributed by atoms with van der Waals surface area (Å²) in [6.45, 7) is -0.379. The topological polar surface area (TPSA) is 83.3 Å². The van der Waals surface area contributed by atoms with Gasteiger partial charge >= 0.3 is 12.3 Å². The van der Waals surface area contributed by atoms with Gasteiger partial charge in [0.1, 0.15) is 5.69 Å². The number of hydrogen-bond donors (Lipinski definition) is 0. The zero-order chi connectivity index (χ0) is 21.0. The van der Waals surface area contributed by atoms with Crippen LogP contribution in [0.1, 0.15) is 59.8 Å². The van der Waals surface area contributed by atoms with E-state index in [2.05, 4.69) is 14.8 Å². The number of methoxy groups -OCH3 is 1. The van der Waals surface area contributed by atoms with Crippen LogP contribution in [-0.4, -0.2) is 34.2 Å². The highest BCUT2D eigenvalue weighted by atomic mass is 19.4. The number of hydrogen-bond acceptors (Lipinski definition) is 6. The second kappa shape index (κ2) is 8.62. The quantitative estimate of drug-likeness (QED) is 0.701. The van der Waals surface area contributed by atoms with Gasteiger partial charge in [-0.2, -0.15) is 5.10 Å². The smallest absolute Gasteiger partial charge is 0.464 e. The lowest BCUT2D eigenvalue weighted by molar-refractivity contribution is -0.275. The van der Waals surface area contributed by atoms with Gasteiger partial charge in [-0.15, -0.1) is 13.2 Å². The summed E-state index contributed by atoms with van der Waals surface area (Å²) in [6, 6.07) is 3.82. The van der Waals surface area contributed by atoms with E-state index in [-0.39, 0.29) is 23.9 Å². The van der Waals surface area contributed by atoms with Crippen LogP contribution in [0.15, 0.2) is 29.2 Å². The number of alkyl halides is 3. The molecule has 0 saturated heterocycles. The van der Waals surface area contributed by atoms with Crippen LogP contribution in [0.3, 0.4) is 0 Å². The van der Waals surface area contributed by atoms with Gasteiger partial charge < -0.3 is 9.47 Å². The Kier molecular flexibility index (Phi) is 6.19. The molecule has 2 heterocycles. The van der Waals surface area contributed by atoms with Gasteiger partial charge in [0.05, 0.1) is 13.7 Å². The summed E-state index contributed by atoms with van der Waals surface area (Å²) in [5.74, 6) is -1.30. The molecule has 0 unspecified atom stereocenters. The molecule has 0 N–H and O–H groups in total. The summed E-state index contributed by atoms with van der Waals surface area (Å²) in [6.07, 6.45) is 0.976. The van der Waals surface area contributed by atoms with Gasteiger partial charge in [-0.1, -0.05) is 19.3 Å². The Bertz CT molecular complexity index is 937. The molecule has 2 aromatic heterocycles. The molecule has 0 aliphatic heterocycles. The Hall–Kier alpha value is -2.91. The van der Waals surface area contributed by atoms with Gasteiger partial charge in [0.2, 0.25) is 0 Å². The van der Waals surface area contributed by atoms with Crippen molar-refractivity contribution in [1.29, 1.82) is 0 Å². The average molecular weight is 411 g/mol. The van der Waals surface area contributed by atoms with Crippen molar-refractivity contribution in [3.63, 3.8) is 0 Å². The summed E-state index contributed by atoms with van der Waals surface area (Å²) >= 11 is 0.